The molecule has 0 saturated carbocycles. The van der Waals surface area contributed by atoms with Gasteiger partial charge < -0.3 is 10.1 Å². The third kappa shape index (κ3) is 4.63. The number of hydrogen-bond acceptors (Lipinski definition) is 7. The predicted octanol–water partition coefficient (Wildman–Crippen LogP) is 2.40. The van der Waals surface area contributed by atoms with Gasteiger partial charge >= 0.3 is 0 Å². The van der Waals surface area contributed by atoms with Crippen molar-refractivity contribution in [3.8, 4) is 0 Å². The van der Waals surface area contributed by atoms with Gasteiger partial charge in [0.15, 0.2) is 16.3 Å². The second-order valence-electron chi connectivity index (χ2n) is 6.88. The molecule has 3 aromatic rings. The molecule has 1 amide bonds. The van der Waals surface area contributed by atoms with Crippen LogP contribution in [0, 0.1) is 6.92 Å². The monoisotopic (exact) mass is 411 g/mol. The van der Waals surface area contributed by atoms with Crippen LogP contribution >= 0.6 is 11.8 Å². The van der Waals surface area contributed by atoms with Crippen LogP contribution in [0.15, 0.2) is 46.6 Å². The minimum absolute atomic E-state index is 0.0379. The van der Waals surface area contributed by atoms with Crippen LogP contribution in [0.25, 0.3) is 11.2 Å². The second-order valence-corrected chi connectivity index (χ2v) is 7.82. The zero-order chi connectivity index (χ0) is 20.2. The fourth-order valence-corrected chi connectivity index (χ4v) is 4.04. The summed E-state index contributed by atoms with van der Waals surface area (Å²) in [5.41, 5.74) is 2.04. The quantitative estimate of drug-likeness (QED) is 0.491. The molecule has 3 heterocycles. The topological polar surface area (TPSA) is 99.0 Å². The third-order valence-electron chi connectivity index (χ3n) is 4.60. The summed E-state index contributed by atoms with van der Waals surface area (Å²) in [6.07, 6.45) is 4.80. The second kappa shape index (κ2) is 8.71. The summed E-state index contributed by atoms with van der Waals surface area (Å²) in [7, 11) is 0. The number of rotatable bonds is 6. The van der Waals surface area contributed by atoms with E-state index in [1.165, 1.54) is 24.2 Å². The molecule has 150 valence electrons. The maximum absolute atomic E-state index is 13.0. The molecule has 0 radical (unpaired) electrons. The molecule has 8 nitrogen and oxygen atoms in total. The lowest BCUT2D eigenvalue weighted by molar-refractivity contribution is -0.113. The average Bonchev–Trinajstić information content (AvgIpc) is 3.22. The molecule has 1 saturated heterocycles. The Hall–Kier alpha value is -2.78. The molecule has 1 N–H and O–H groups in total. The van der Waals surface area contributed by atoms with E-state index < -0.39 is 0 Å². The highest BCUT2D eigenvalue weighted by Gasteiger charge is 2.21. The van der Waals surface area contributed by atoms with E-state index in [1.54, 1.807) is 4.57 Å². The van der Waals surface area contributed by atoms with E-state index in [2.05, 4.69) is 20.3 Å². The summed E-state index contributed by atoms with van der Waals surface area (Å²) in [6, 6.07) is 7.60. The molecule has 0 aliphatic carbocycles. The van der Waals surface area contributed by atoms with E-state index in [9.17, 15) is 9.59 Å². The minimum Gasteiger partial charge on any atom is -0.376 e. The summed E-state index contributed by atoms with van der Waals surface area (Å²) >= 11 is 1.21. The molecule has 0 spiro atoms. The van der Waals surface area contributed by atoms with E-state index in [-0.39, 0.29) is 34.5 Å². The van der Waals surface area contributed by atoms with Gasteiger partial charge in [0.1, 0.15) is 0 Å². The Kier molecular flexibility index (Phi) is 5.86. The first-order valence-corrected chi connectivity index (χ1v) is 10.4. The molecular formula is C20H21N5O3S. The highest BCUT2D eigenvalue weighted by Crippen LogP contribution is 2.20. The van der Waals surface area contributed by atoms with E-state index in [0.29, 0.717) is 18.3 Å². The molecule has 1 aliphatic heterocycles. The van der Waals surface area contributed by atoms with Gasteiger partial charge in [-0.25, -0.2) is 15.0 Å². The summed E-state index contributed by atoms with van der Waals surface area (Å²) in [5, 5.41) is 3.31. The Bertz CT molecular complexity index is 1090. The number of thioether (sulfide) groups is 1. The molecule has 9 heteroatoms. The van der Waals surface area contributed by atoms with Crippen molar-refractivity contribution in [2.45, 2.75) is 37.6 Å². The Balaban J connectivity index is 1.56. The number of nitrogens with one attached hydrogen (secondary N) is 1. The van der Waals surface area contributed by atoms with Crippen molar-refractivity contribution < 1.29 is 9.53 Å². The fraction of sp³-hybridized carbons (Fsp3) is 0.350. The van der Waals surface area contributed by atoms with Gasteiger partial charge in [-0.05, 0) is 37.5 Å². The fourth-order valence-electron chi connectivity index (χ4n) is 3.24. The SMILES string of the molecule is Cc1cccc(NC(=O)CSc2nc3nccnc3c(=O)n2CC2CCCO2)c1. The normalized spacial score (nSPS) is 16.2. The number of aryl methyl sites for hydroxylation is 1. The van der Waals surface area contributed by atoms with Crippen molar-refractivity contribution >= 4 is 34.5 Å². The zero-order valence-corrected chi connectivity index (χ0v) is 16.8. The molecule has 1 aromatic carbocycles. The van der Waals surface area contributed by atoms with Crippen LogP contribution in [0.4, 0.5) is 5.69 Å². The Morgan fingerprint density at radius 1 is 1.34 bits per heavy atom. The van der Waals surface area contributed by atoms with Crippen LogP contribution in [0.1, 0.15) is 18.4 Å². The average molecular weight is 411 g/mol. The zero-order valence-electron chi connectivity index (χ0n) is 16.0. The molecule has 2 aromatic heterocycles. The lowest BCUT2D eigenvalue weighted by Crippen LogP contribution is -2.30. The van der Waals surface area contributed by atoms with Crippen molar-refractivity contribution in [2.24, 2.45) is 0 Å². The summed E-state index contributed by atoms with van der Waals surface area (Å²) < 4.78 is 7.24. The van der Waals surface area contributed by atoms with Crippen molar-refractivity contribution in [2.75, 3.05) is 17.7 Å². The van der Waals surface area contributed by atoms with Crippen molar-refractivity contribution in [3.63, 3.8) is 0 Å². The number of carbonyl (C=O) groups excluding carboxylic acids is 1. The minimum atomic E-state index is -0.264. The van der Waals surface area contributed by atoms with Gasteiger partial charge in [-0.2, -0.15) is 0 Å². The molecule has 1 fully saturated rings. The van der Waals surface area contributed by atoms with Gasteiger partial charge in [0.25, 0.3) is 5.56 Å². The van der Waals surface area contributed by atoms with E-state index in [4.69, 9.17) is 4.74 Å². The Morgan fingerprint density at radius 3 is 3.00 bits per heavy atom. The first-order valence-electron chi connectivity index (χ1n) is 9.42. The predicted molar refractivity (Wildman–Crippen MR) is 111 cm³/mol. The number of benzene rings is 1. The molecule has 1 atom stereocenters. The van der Waals surface area contributed by atoms with Gasteiger partial charge in [-0.1, -0.05) is 23.9 Å². The highest BCUT2D eigenvalue weighted by molar-refractivity contribution is 7.99. The van der Waals surface area contributed by atoms with Gasteiger partial charge in [0.05, 0.1) is 18.4 Å². The molecule has 1 aliphatic rings. The molecule has 0 bridgehead atoms. The lowest BCUT2D eigenvalue weighted by Gasteiger charge is -2.15. The van der Waals surface area contributed by atoms with E-state index in [1.807, 2.05) is 31.2 Å². The van der Waals surface area contributed by atoms with Crippen molar-refractivity contribution in [3.05, 3.63) is 52.6 Å². The molecule has 1 unspecified atom stereocenters. The first kappa shape index (κ1) is 19.5. The first-order chi connectivity index (χ1) is 14.1. The number of carbonyl (C=O) groups is 1. The lowest BCUT2D eigenvalue weighted by atomic mass is 10.2. The number of fused-ring (bicyclic) bond motifs is 1. The number of aromatic nitrogens is 4. The van der Waals surface area contributed by atoms with Crippen LogP contribution in [0.3, 0.4) is 0 Å². The Morgan fingerprint density at radius 2 is 2.21 bits per heavy atom. The molecule has 4 rings (SSSR count). The molecule has 29 heavy (non-hydrogen) atoms. The van der Waals surface area contributed by atoms with Gasteiger partial charge in [0, 0.05) is 24.7 Å². The van der Waals surface area contributed by atoms with Crippen LogP contribution in [0.5, 0.6) is 0 Å². The number of nitrogens with zero attached hydrogens (tertiary/aromatic N) is 4. The van der Waals surface area contributed by atoms with Crippen molar-refractivity contribution in [1.29, 1.82) is 0 Å². The van der Waals surface area contributed by atoms with Crippen LogP contribution < -0.4 is 10.9 Å². The summed E-state index contributed by atoms with van der Waals surface area (Å²) in [4.78, 5) is 38.1. The van der Waals surface area contributed by atoms with Crippen LogP contribution in [-0.4, -0.2) is 43.9 Å². The number of ether oxygens (including phenoxy) is 1. The van der Waals surface area contributed by atoms with Gasteiger partial charge in [-0.3, -0.25) is 14.2 Å². The van der Waals surface area contributed by atoms with E-state index >= 15 is 0 Å². The van der Waals surface area contributed by atoms with Crippen LogP contribution in [-0.2, 0) is 16.1 Å². The van der Waals surface area contributed by atoms with Crippen molar-refractivity contribution in [1.82, 2.24) is 19.5 Å². The maximum Gasteiger partial charge on any atom is 0.282 e. The smallest absolute Gasteiger partial charge is 0.282 e. The van der Waals surface area contributed by atoms with E-state index in [0.717, 1.165) is 24.1 Å². The number of amides is 1. The largest absolute Gasteiger partial charge is 0.376 e. The highest BCUT2D eigenvalue weighted by atomic mass is 32.2. The third-order valence-corrected chi connectivity index (χ3v) is 5.58. The van der Waals surface area contributed by atoms with Gasteiger partial charge in [0.2, 0.25) is 5.91 Å². The Labute approximate surface area is 171 Å². The van der Waals surface area contributed by atoms with Gasteiger partial charge in [-0.15, -0.1) is 0 Å². The standard InChI is InChI=1S/C20H21N5O3S/c1-13-4-2-5-14(10-13)23-16(26)12-29-20-24-18-17(21-7-8-22-18)19(27)25(20)11-15-6-3-9-28-15/h2,4-5,7-8,10,15H,3,6,9,11-12H2,1H3,(H,23,26). The number of anilines is 1. The summed E-state index contributed by atoms with van der Waals surface area (Å²) in [6.45, 7) is 3.05. The van der Waals surface area contributed by atoms with Crippen LogP contribution in [0.2, 0.25) is 0 Å². The number of hydrogen-bond donors (Lipinski definition) is 1. The molecular weight excluding hydrogens is 390 g/mol. The maximum atomic E-state index is 13.0. The summed E-state index contributed by atoms with van der Waals surface area (Å²) in [5.74, 6) is -0.0460.